The van der Waals surface area contributed by atoms with Gasteiger partial charge in [0.05, 0.1) is 18.2 Å². The second-order valence-corrected chi connectivity index (χ2v) is 6.59. The molecular weight excluding hydrogens is 288 g/mol. The van der Waals surface area contributed by atoms with Crippen LogP contribution in [0.15, 0.2) is 18.7 Å². The van der Waals surface area contributed by atoms with Crippen LogP contribution >= 0.6 is 11.8 Å². The SMILES string of the molecule is CC(=O)N1CSC[C@H]1C(=O)N1CCC[C@@H](n2ccnc2)C1. The van der Waals surface area contributed by atoms with Gasteiger partial charge in [-0.2, -0.15) is 0 Å². The highest BCUT2D eigenvalue weighted by Gasteiger charge is 2.37. The van der Waals surface area contributed by atoms with Gasteiger partial charge in [0.15, 0.2) is 0 Å². The van der Waals surface area contributed by atoms with Crippen LogP contribution in [0.4, 0.5) is 0 Å². The van der Waals surface area contributed by atoms with Gasteiger partial charge in [-0.25, -0.2) is 4.98 Å². The van der Waals surface area contributed by atoms with Gasteiger partial charge in [-0.3, -0.25) is 9.59 Å². The van der Waals surface area contributed by atoms with Crippen LogP contribution in [0.5, 0.6) is 0 Å². The van der Waals surface area contributed by atoms with E-state index in [-0.39, 0.29) is 17.9 Å². The summed E-state index contributed by atoms with van der Waals surface area (Å²) in [6, 6.07) is 0.0130. The third kappa shape index (κ3) is 2.92. The molecule has 0 saturated carbocycles. The molecule has 21 heavy (non-hydrogen) atoms. The molecule has 2 aliphatic rings. The van der Waals surface area contributed by atoms with Crippen molar-refractivity contribution in [2.24, 2.45) is 0 Å². The Kier molecular flexibility index (Phi) is 4.19. The number of carbonyl (C=O) groups excluding carboxylic acids is 2. The molecule has 1 aromatic rings. The van der Waals surface area contributed by atoms with E-state index in [2.05, 4.69) is 9.55 Å². The number of hydrogen-bond donors (Lipinski definition) is 0. The Morgan fingerprint density at radius 3 is 2.95 bits per heavy atom. The highest BCUT2D eigenvalue weighted by molar-refractivity contribution is 7.99. The molecule has 0 aliphatic carbocycles. The van der Waals surface area contributed by atoms with Crippen molar-refractivity contribution in [3.8, 4) is 0 Å². The molecular formula is C14H20N4O2S. The molecule has 7 heteroatoms. The number of carbonyl (C=O) groups is 2. The first-order valence-electron chi connectivity index (χ1n) is 7.28. The number of piperidine rings is 1. The Labute approximate surface area is 128 Å². The fourth-order valence-corrected chi connectivity index (χ4v) is 4.26. The summed E-state index contributed by atoms with van der Waals surface area (Å²) in [5.41, 5.74) is 0. The van der Waals surface area contributed by atoms with E-state index >= 15 is 0 Å². The van der Waals surface area contributed by atoms with E-state index in [9.17, 15) is 9.59 Å². The molecule has 3 heterocycles. The lowest BCUT2D eigenvalue weighted by atomic mass is 10.0. The maximum Gasteiger partial charge on any atom is 0.246 e. The van der Waals surface area contributed by atoms with Crippen LogP contribution in [-0.4, -0.2) is 61.9 Å². The second kappa shape index (κ2) is 6.09. The number of nitrogens with zero attached hydrogens (tertiary/aromatic N) is 4. The number of imidazole rings is 1. The van der Waals surface area contributed by atoms with E-state index in [4.69, 9.17) is 0 Å². The smallest absolute Gasteiger partial charge is 0.246 e. The molecule has 2 fully saturated rings. The molecule has 2 aliphatic heterocycles. The van der Waals surface area contributed by atoms with Crippen LogP contribution in [0.25, 0.3) is 0 Å². The fourth-order valence-electron chi connectivity index (χ4n) is 3.05. The molecule has 6 nitrogen and oxygen atoms in total. The van der Waals surface area contributed by atoms with Crippen molar-refractivity contribution in [3.63, 3.8) is 0 Å². The Morgan fingerprint density at radius 1 is 1.38 bits per heavy atom. The number of thioether (sulfide) groups is 1. The van der Waals surface area contributed by atoms with Crippen LogP contribution in [0.3, 0.4) is 0 Å². The summed E-state index contributed by atoms with van der Waals surface area (Å²) >= 11 is 1.65. The summed E-state index contributed by atoms with van der Waals surface area (Å²) in [5.74, 6) is 1.43. The van der Waals surface area contributed by atoms with Crippen LogP contribution in [0.2, 0.25) is 0 Å². The van der Waals surface area contributed by atoms with Crippen molar-refractivity contribution in [2.45, 2.75) is 31.8 Å². The monoisotopic (exact) mass is 308 g/mol. The topological polar surface area (TPSA) is 58.4 Å². The quantitative estimate of drug-likeness (QED) is 0.817. The van der Waals surface area contributed by atoms with Crippen molar-refractivity contribution >= 4 is 23.6 Å². The van der Waals surface area contributed by atoms with Gasteiger partial charge in [-0.15, -0.1) is 11.8 Å². The summed E-state index contributed by atoms with van der Waals surface area (Å²) in [4.78, 5) is 32.0. The summed E-state index contributed by atoms with van der Waals surface area (Å²) in [6.07, 6.45) is 7.59. The lowest BCUT2D eigenvalue weighted by Crippen LogP contribution is -2.51. The maximum atomic E-state index is 12.7. The van der Waals surface area contributed by atoms with Crippen LogP contribution in [0.1, 0.15) is 25.8 Å². The minimum atomic E-state index is -0.283. The molecule has 0 radical (unpaired) electrons. The van der Waals surface area contributed by atoms with E-state index in [1.807, 2.05) is 17.4 Å². The largest absolute Gasteiger partial charge is 0.339 e. The predicted octanol–water partition coefficient (Wildman–Crippen LogP) is 0.968. The summed E-state index contributed by atoms with van der Waals surface area (Å²) in [7, 11) is 0. The molecule has 2 saturated heterocycles. The number of rotatable bonds is 2. The van der Waals surface area contributed by atoms with Crippen molar-refractivity contribution in [1.82, 2.24) is 19.4 Å². The van der Waals surface area contributed by atoms with Crippen molar-refractivity contribution in [2.75, 3.05) is 24.7 Å². The first-order chi connectivity index (χ1) is 10.2. The number of hydrogen-bond acceptors (Lipinski definition) is 4. The standard InChI is InChI=1S/C14H20N4O2S/c1-11(19)18-10-21-8-13(18)14(20)16-5-2-3-12(7-16)17-6-4-15-9-17/h4,6,9,12-13H,2-3,5,7-8,10H2,1H3/t12-,13+/m1/s1. The zero-order valence-electron chi connectivity index (χ0n) is 12.1. The highest BCUT2D eigenvalue weighted by Crippen LogP contribution is 2.26. The summed E-state index contributed by atoms with van der Waals surface area (Å²) in [6.45, 7) is 3.04. The Balaban J connectivity index is 1.68. The predicted molar refractivity (Wildman–Crippen MR) is 80.7 cm³/mol. The molecule has 3 rings (SSSR count). The maximum absolute atomic E-state index is 12.7. The summed E-state index contributed by atoms with van der Waals surface area (Å²) in [5, 5.41) is 0. The third-order valence-electron chi connectivity index (χ3n) is 4.23. The summed E-state index contributed by atoms with van der Waals surface area (Å²) < 4.78 is 2.07. The zero-order chi connectivity index (χ0) is 14.8. The van der Waals surface area contributed by atoms with Gasteiger partial charge in [-0.05, 0) is 12.8 Å². The number of likely N-dealkylation sites (tertiary alicyclic amines) is 1. The third-order valence-corrected chi connectivity index (χ3v) is 5.24. The molecule has 2 atom stereocenters. The van der Waals surface area contributed by atoms with Gasteiger partial charge < -0.3 is 14.4 Å². The fraction of sp³-hybridized carbons (Fsp3) is 0.643. The Morgan fingerprint density at radius 2 is 2.24 bits per heavy atom. The molecule has 0 N–H and O–H groups in total. The van der Waals surface area contributed by atoms with E-state index in [1.165, 1.54) is 6.92 Å². The molecule has 1 aromatic heterocycles. The number of aromatic nitrogens is 2. The highest BCUT2D eigenvalue weighted by atomic mass is 32.2. The average molecular weight is 308 g/mol. The lowest BCUT2D eigenvalue weighted by molar-refractivity contribution is -0.143. The molecule has 0 bridgehead atoms. The Hall–Kier alpha value is -1.50. The van der Waals surface area contributed by atoms with Crippen molar-refractivity contribution in [1.29, 1.82) is 0 Å². The first kappa shape index (κ1) is 14.4. The minimum Gasteiger partial charge on any atom is -0.339 e. The molecule has 0 spiro atoms. The van der Waals surface area contributed by atoms with Gasteiger partial charge in [-0.1, -0.05) is 0 Å². The molecule has 114 valence electrons. The lowest BCUT2D eigenvalue weighted by Gasteiger charge is -2.36. The second-order valence-electron chi connectivity index (χ2n) is 5.59. The van der Waals surface area contributed by atoms with Crippen LogP contribution in [0, 0.1) is 0 Å². The van der Waals surface area contributed by atoms with Crippen LogP contribution in [-0.2, 0) is 9.59 Å². The van der Waals surface area contributed by atoms with Gasteiger partial charge in [0, 0.05) is 38.2 Å². The number of amides is 2. The van der Waals surface area contributed by atoms with Gasteiger partial charge in [0.1, 0.15) is 6.04 Å². The Bertz CT molecular complexity index is 519. The van der Waals surface area contributed by atoms with E-state index in [0.29, 0.717) is 24.2 Å². The first-order valence-corrected chi connectivity index (χ1v) is 8.43. The van der Waals surface area contributed by atoms with E-state index < -0.39 is 0 Å². The molecule has 0 aromatic carbocycles. The van der Waals surface area contributed by atoms with Crippen molar-refractivity contribution in [3.05, 3.63) is 18.7 Å². The van der Waals surface area contributed by atoms with Gasteiger partial charge >= 0.3 is 0 Å². The van der Waals surface area contributed by atoms with Gasteiger partial charge in [0.2, 0.25) is 11.8 Å². The minimum absolute atomic E-state index is 0.0125. The normalized spacial score (nSPS) is 26.1. The zero-order valence-corrected chi connectivity index (χ0v) is 13.0. The average Bonchev–Trinajstić information content (AvgIpc) is 3.17. The van der Waals surface area contributed by atoms with Gasteiger partial charge in [0.25, 0.3) is 0 Å². The van der Waals surface area contributed by atoms with E-state index in [1.54, 1.807) is 22.9 Å². The van der Waals surface area contributed by atoms with Crippen molar-refractivity contribution < 1.29 is 9.59 Å². The van der Waals surface area contributed by atoms with Crippen LogP contribution < -0.4 is 0 Å². The molecule has 0 unspecified atom stereocenters. The molecule has 2 amide bonds. The van der Waals surface area contributed by atoms with E-state index in [0.717, 1.165) is 19.4 Å².